The van der Waals surface area contributed by atoms with Crippen LogP contribution in [0.3, 0.4) is 0 Å². The molecule has 2 aromatic carbocycles. The van der Waals surface area contributed by atoms with E-state index in [4.69, 9.17) is 19.2 Å². The highest BCUT2D eigenvalue weighted by Crippen LogP contribution is 2.22. The molecule has 2 aromatic rings. The third-order valence-corrected chi connectivity index (χ3v) is 5.01. The Kier molecular flexibility index (Phi) is 11.2. The standard InChI is InChI=1S/C23H33N3O3.HI/c1-3-24-23(25-10-4-11-28-16-19-9-12-29-17-19)26-15-18-5-6-21-14-22(27-2)8-7-20(21)13-18;/h5-8,13-14,19H,3-4,9-12,15-17H2,1-2H3,(H2,24,25,26);1H. The third-order valence-electron chi connectivity index (χ3n) is 5.01. The van der Waals surface area contributed by atoms with Crippen molar-refractivity contribution in [1.29, 1.82) is 0 Å². The second-order valence-electron chi connectivity index (χ2n) is 7.33. The number of benzene rings is 2. The summed E-state index contributed by atoms with van der Waals surface area (Å²) in [5.74, 6) is 2.29. The van der Waals surface area contributed by atoms with Gasteiger partial charge in [-0.05, 0) is 54.3 Å². The number of rotatable bonds is 10. The van der Waals surface area contributed by atoms with E-state index >= 15 is 0 Å². The summed E-state index contributed by atoms with van der Waals surface area (Å²) in [6.07, 6.45) is 2.08. The molecular weight excluding hydrogens is 493 g/mol. The van der Waals surface area contributed by atoms with Gasteiger partial charge in [0.25, 0.3) is 0 Å². The molecule has 1 unspecified atom stereocenters. The van der Waals surface area contributed by atoms with Crippen LogP contribution >= 0.6 is 24.0 Å². The summed E-state index contributed by atoms with van der Waals surface area (Å²) in [4.78, 5) is 4.72. The Morgan fingerprint density at radius 2 is 2.00 bits per heavy atom. The average Bonchev–Trinajstić information content (AvgIpc) is 3.27. The lowest BCUT2D eigenvalue weighted by Crippen LogP contribution is -2.38. The predicted molar refractivity (Wildman–Crippen MR) is 133 cm³/mol. The summed E-state index contributed by atoms with van der Waals surface area (Å²) in [6.45, 7) is 7.68. The molecule has 0 aliphatic carbocycles. The van der Waals surface area contributed by atoms with Gasteiger partial charge in [0.1, 0.15) is 5.75 Å². The van der Waals surface area contributed by atoms with E-state index in [1.54, 1.807) is 7.11 Å². The lowest BCUT2D eigenvalue weighted by molar-refractivity contribution is 0.0888. The Morgan fingerprint density at radius 1 is 1.17 bits per heavy atom. The first-order valence-corrected chi connectivity index (χ1v) is 10.5. The highest BCUT2D eigenvalue weighted by Gasteiger charge is 2.15. The molecule has 1 aliphatic heterocycles. The molecule has 1 fully saturated rings. The topological polar surface area (TPSA) is 64.1 Å². The predicted octanol–water partition coefficient (Wildman–Crippen LogP) is 3.96. The van der Waals surface area contributed by atoms with Crippen molar-refractivity contribution in [3.05, 3.63) is 42.0 Å². The van der Waals surface area contributed by atoms with E-state index in [1.807, 2.05) is 6.07 Å². The van der Waals surface area contributed by atoms with Gasteiger partial charge in [-0.2, -0.15) is 0 Å². The van der Waals surface area contributed by atoms with Crippen LogP contribution in [-0.4, -0.2) is 52.6 Å². The van der Waals surface area contributed by atoms with Crippen LogP contribution in [-0.2, 0) is 16.0 Å². The highest BCUT2D eigenvalue weighted by atomic mass is 127. The number of nitrogens with one attached hydrogen (secondary N) is 2. The number of methoxy groups -OCH3 is 1. The van der Waals surface area contributed by atoms with E-state index in [0.717, 1.165) is 64.1 Å². The van der Waals surface area contributed by atoms with Crippen LogP contribution in [0.25, 0.3) is 10.8 Å². The zero-order valence-electron chi connectivity index (χ0n) is 18.0. The van der Waals surface area contributed by atoms with Crippen LogP contribution in [0.2, 0.25) is 0 Å². The smallest absolute Gasteiger partial charge is 0.191 e. The van der Waals surface area contributed by atoms with Gasteiger partial charge in [-0.3, -0.25) is 0 Å². The Hall–Kier alpha value is -1.58. The zero-order chi connectivity index (χ0) is 20.3. The maximum absolute atomic E-state index is 5.76. The SMILES string of the molecule is CCNC(=NCc1ccc2cc(OC)ccc2c1)NCCCOCC1CCOC1.I. The molecule has 0 radical (unpaired) electrons. The number of aliphatic imine (C=N–C) groups is 1. The quantitative estimate of drug-likeness (QED) is 0.212. The Balaban J connectivity index is 0.00000320. The van der Waals surface area contributed by atoms with E-state index in [-0.39, 0.29) is 24.0 Å². The molecular formula is C23H34IN3O3. The number of guanidine groups is 1. The van der Waals surface area contributed by atoms with Crippen molar-refractivity contribution < 1.29 is 14.2 Å². The van der Waals surface area contributed by atoms with Gasteiger partial charge in [-0.1, -0.05) is 18.2 Å². The number of hydrogen-bond donors (Lipinski definition) is 2. The monoisotopic (exact) mass is 527 g/mol. The van der Waals surface area contributed by atoms with Crippen molar-refractivity contribution in [3.63, 3.8) is 0 Å². The molecule has 1 atom stereocenters. The molecule has 1 aliphatic rings. The molecule has 1 heterocycles. The summed E-state index contributed by atoms with van der Waals surface area (Å²) in [5, 5.41) is 9.06. The van der Waals surface area contributed by atoms with Crippen molar-refractivity contribution in [2.75, 3.05) is 46.6 Å². The van der Waals surface area contributed by atoms with E-state index in [1.165, 1.54) is 16.3 Å². The molecule has 0 bridgehead atoms. The summed E-state index contributed by atoms with van der Waals surface area (Å²) in [6, 6.07) is 12.6. The summed E-state index contributed by atoms with van der Waals surface area (Å²) < 4.78 is 16.4. The fourth-order valence-electron chi connectivity index (χ4n) is 3.36. The molecule has 0 aromatic heterocycles. The van der Waals surface area contributed by atoms with Crippen LogP contribution in [0.4, 0.5) is 0 Å². The molecule has 0 amide bonds. The largest absolute Gasteiger partial charge is 0.497 e. The first kappa shape index (κ1) is 24.7. The van der Waals surface area contributed by atoms with Gasteiger partial charge in [-0.15, -0.1) is 24.0 Å². The molecule has 166 valence electrons. The van der Waals surface area contributed by atoms with Crippen LogP contribution in [0.1, 0.15) is 25.3 Å². The van der Waals surface area contributed by atoms with E-state index in [0.29, 0.717) is 12.5 Å². The molecule has 30 heavy (non-hydrogen) atoms. The molecule has 2 N–H and O–H groups in total. The zero-order valence-corrected chi connectivity index (χ0v) is 20.3. The number of nitrogens with zero attached hydrogens (tertiary/aromatic N) is 1. The summed E-state index contributed by atoms with van der Waals surface area (Å²) in [5.41, 5.74) is 1.18. The first-order valence-electron chi connectivity index (χ1n) is 10.5. The Bertz CT molecular complexity index is 794. The Morgan fingerprint density at radius 3 is 2.77 bits per heavy atom. The van der Waals surface area contributed by atoms with Crippen LogP contribution in [0, 0.1) is 5.92 Å². The van der Waals surface area contributed by atoms with Crippen molar-refractivity contribution >= 4 is 40.7 Å². The van der Waals surface area contributed by atoms with Gasteiger partial charge in [0, 0.05) is 32.2 Å². The lowest BCUT2D eigenvalue weighted by Gasteiger charge is -2.12. The fraction of sp³-hybridized carbons (Fsp3) is 0.522. The molecule has 7 heteroatoms. The van der Waals surface area contributed by atoms with Crippen molar-refractivity contribution in [3.8, 4) is 5.75 Å². The van der Waals surface area contributed by atoms with Crippen molar-refractivity contribution in [2.24, 2.45) is 10.9 Å². The number of fused-ring (bicyclic) bond motifs is 1. The average molecular weight is 527 g/mol. The minimum Gasteiger partial charge on any atom is -0.497 e. The molecule has 0 saturated carbocycles. The minimum absolute atomic E-state index is 0. The first-order chi connectivity index (χ1) is 14.3. The van der Waals surface area contributed by atoms with Gasteiger partial charge in [0.05, 0.1) is 26.9 Å². The van der Waals surface area contributed by atoms with Gasteiger partial charge in [0.2, 0.25) is 0 Å². The second-order valence-corrected chi connectivity index (χ2v) is 7.33. The molecule has 3 rings (SSSR count). The maximum Gasteiger partial charge on any atom is 0.191 e. The molecule has 1 saturated heterocycles. The summed E-state index contributed by atoms with van der Waals surface area (Å²) >= 11 is 0. The third kappa shape index (κ3) is 7.92. The van der Waals surface area contributed by atoms with E-state index in [2.05, 4.69) is 47.9 Å². The summed E-state index contributed by atoms with van der Waals surface area (Å²) in [7, 11) is 1.69. The molecule has 0 spiro atoms. The Labute approximate surface area is 196 Å². The van der Waals surface area contributed by atoms with Crippen LogP contribution in [0.5, 0.6) is 5.75 Å². The second kappa shape index (κ2) is 13.7. The lowest BCUT2D eigenvalue weighted by atomic mass is 10.1. The highest BCUT2D eigenvalue weighted by molar-refractivity contribution is 14.0. The van der Waals surface area contributed by atoms with Gasteiger partial charge in [-0.25, -0.2) is 4.99 Å². The van der Waals surface area contributed by atoms with Gasteiger partial charge < -0.3 is 24.8 Å². The number of hydrogen-bond acceptors (Lipinski definition) is 4. The number of halogens is 1. The van der Waals surface area contributed by atoms with Crippen molar-refractivity contribution in [2.45, 2.75) is 26.3 Å². The van der Waals surface area contributed by atoms with Crippen LogP contribution in [0.15, 0.2) is 41.4 Å². The number of ether oxygens (including phenoxy) is 3. The molecule has 6 nitrogen and oxygen atoms in total. The van der Waals surface area contributed by atoms with Crippen molar-refractivity contribution in [1.82, 2.24) is 10.6 Å². The maximum atomic E-state index is 5.76. The van der Waals surface area contributed by atoms with Crippen LogP contribution < -0.4 is 15.4 Å². The fourth-order valence-corrected chi connectivity index (χ4v) is 3.36. The van der Waals surface area contributed by atoms with E-state index < -0.39 is 0 Å². The van der Waals surface area contributed by atoms with Gasteiger partial charge >= 0.3 is 0 Å². The van der Waals surface area contributed by atoms with Gasteiger partial charge in [0.15, 0.2) is 5.96 Å². The van der Waals surface area contributed by atoms with E-state index in [9.17, 15) is 0 Å². The normalized spacial score (nSPS) is 16.3. The minimum atomic E-state index is 0.